The smallest absolute Gasteiger partial charge is 0.142 e. The zero-order valence-corrected chi connectivity index (χ0v) is 21.7. The Hall–Kier alpha value is -1.73. The average Bonchev–Trinajstić information content (AvgIpc) is 2.79. The second kappa shape index (κ2) is 10.0. The SMILES string of the molecule is COc1ccc(SNCC(C)(C)c2cccc3ccc(Br)cc23)cc1N1CCN(C)CC1. The minimum absolute atomic E-state index is 0.0138. The number of nitrogens with one attached hydrogen (secondary N) is 1. The van der Waals surface area contributed by atoms with E-state index in [1.807, 2.05) is 0 Å². The highest BCUT2D eigenvalue weighted by atomic mass is 79.9. The van der Waals surface area contributed by atoms with Crippen LogP contribution in [0.3, 0.4) is 0 Å². The van der Waals surface area contributed by atoms with E-state index in [1.165, 1.54) is 26.9 Å². The lowest BCUT2D eigenvalue weighted by atomic mass is 9.82. The van der Waals surface area contributed by atoms with Gasteiger partial charge in [-0.25, -0.2) is 0 Å². The van der Waals surface area contributed by atoms with Gasteiger partial charge in [-0.05, 0) is 65.7 Å². The number of ether oxygens (including phenoxy) is 1. The van der Waals surface area contributed by atoms with Gasteiger partial charge in [0.05, 0.1) is 12.8 Å². The summed E-state index contributed by atoms with van der Waals surface area (Å²) < 4.78 is 10.4. The number of nitrogens with zero attached hydrogens (tertiary/aromatic N) is 2. The predicted molar refractivity (Wildman–Crippen MR) is 141 cm³/mol. The Bertz CT molecular complexity index is 1080. The van der Waals surface area contributed by atoms with Gasteiger partial charge < -0.3 is 14.5 Å². The largest absolute Gasteiger partial charge is 0.495 e. The van der Waals surface area contributed by atoms with Gasteiger partial charge in [-0.2, -0.15) is 0 Å². The molecule has 1 aliphatic rings. The minimum Gasteiger partial charge on any atom is -0.495 e. The van der Waals surface area contributed by atoms with Crippen LogP contribution in [-0.4, -0.2) is 51.8 Å². The zero-order chi connectivity index (χ0) is 22.7. The number of piperazine rings is 1. The van der Waals surface area contributed by atoms with Gasteiger partial charge in [0.15, 0.2) is 0 Å². The second-order valence-corrected chi connectivity index (χ2v) is 11.0. The number of halogens is 1. The van der Waals surface area contributed by atoms with Gasteiger partial charge in [0, 0.05) is 47.5 Å². The molecule has 6 heteroatoms. The van der Waals surface area contributed by atoms with E-state index in [-0.39, 0.29) is 5.41 Å². The summed E-state index contributed by atoms with van der Waals surface area (Å²) in [7, 11) is 3.94. The molecule has 1 heterocycles. The highest BCUT2D eigenvalue weighted by molar-refractivity contribution is 9.10. The Morgan fingerprint density at radius 3 is 2.56 bits per heavy atom. The van der Waals surface area contributed by atoms with Crippen LogP contribution < -0.4 is 14.4 Å². The Kier molecular flexibility index (Phi) is 7.35. The lowest BCUT2D eigenvalue weighted by Gasteiger charge is -2.35. The summed E-state index contributed by atoms with van der Waals surface area (Å²) in [5.41, 5.74) is 2.53. The van der Waals surface area contributed by atoms with E-state index >= 15 is 0 Å². The Morgan fingerprint density at radius 2 is 1.81 bits per heavy atom. The summed E-state index contributed by atoms with van der Waals surface area (Å²) in [6, 6.07) is 19.6. The zero-order valence-electron chi connectivity index (χ0n) is 19.3. The fourth-order valence-electron chi connectivity index (χ4n) is 4.26. The van der Waals surface area contributed by atoms with Crippen LogP contribution in [-0.2, 0) is 5.41 Å². The highest BCUT2D eigenvalue weighted by Gasteiger charge is 2.23. The molecule has 0 saturated carbocycles. The molecule has 32 heavy (non-hydrogen) atoms. The summed E-state index contributed by atoms with van der Waals surface area (Å²) in [4.78, 5) is 6.01. The lowest BCUT2D eigenvalue weighted by molar-refractivity contribution is 0.311. The molecule has 0 aromatic heterocycles. The van der Waals surface area contributed by atoms with Crippen molar-refractivity contribution in [3.8, 4) is 5.75 Å². The number of rotatable bonds is 7. The molecule has 0 spiro atoms. The van der Waals surface area contributed by atoms with Crippen LogP contribution in [0.4, 0.5) is 5.69 Å². The first-order valence-electron chi connectivity index (χ1n) is 11.1. The van der Waals surface area contributed by atoms with Crippen molar-refractivity contribution in [1.29, 1.82) is 0 Å². The first kappa shape index (κ1) is 23.4. The van der Waals surface area contributed by atoms with Crippen molar-refractivity contribution in [2.75, 3.05) is 51.8 Å². The van der Waals surface area contributed by atoms with Crippen LogP contribution in [0.25, 0.3) is 10.8 Å². The van der Waals surface area contributed by atoms with Crippen molar-refractivity contribution in [3.05, 3.63) is 64.6 Å². The fraction of sp³-hybridized carbons (Fsp3) is 0.385. The van der Waals surface area contributed by atoms with Gasteiger partial charge >= 0.3 is 0 Å². The first-order chi connectivity index (χ1) is 15.4. The molecule has 1 fully saturated rings. The Labute approximate surface area is 204 Å². The molecule has 3 aromatic rings. The molecule has 1 saturated heterocycles. The van der Waals surface area contributed by atoms with Gasteiger partial charge in [0.1, 0.15) is 5.75 Å². The maximum Gasteiger partial charge on any atom is 0.142 e. The van der Waals surface area contributed by atoms with Crippen LogP contribution in [0.1, 0.15) is 19.4 Å². The molecule has 170 valence electrons. The summed E-state index contributed by atoms with van der Waals surface area (Å²) in [6.45, 7) is 9.68. The Morgan fingerprint density at radius 1 is 1.03 bits per heavy atom. The molecule has 0 radical (unpaired) electrons. The second-order valence-electron chi connectivity index (χ2n) is 9.10. The Balaban J connectivity index is 1.47. The molecule has 1 aliphatic heterocycles. The highest BCUT2D eigenvalue weighted by Crippen LogP contribution is 2.35. The maximum atomic E-state index is 5.66. The molecular weight excluding hydrogens is 482 g/mol. The number of anilines is 1. The normalized spacial score (nSPS) is 15.3. The van der Waals surface area contributed by atoms with Crippen molar-refractivity contribution >= 4 is 44.3 Å². The van der Waals surface area contributed by atoms with Crippen LogP contribution >= 0.6 is 27.9 Å². The molecule has 0 bridgehead atoms. The summed E-state index contributed by atoms with van der Waals surface area (Å²) in [5, 5.41) is 2.58. The summed E-state index contributed by atoms with van der Waals surface area (Å²) >= 11 is 5.33. The summed E-state index contributed by atoms with van der Waals surface area (Å²) in [6.07, 6.45) is 0. The number of fused-ring (bicyclic) bond motifs is 1. The standard InChI is InChI=1S/C26H32BrN3OS/c1-26(2,23-7-5-6-19-8-9-20(27)16-22(19)23)18-28-32-21-10-11-25(31-4)24(17-21)30-14-12-29(3)13-15-30/h5-11,16-17,28H,12-15,18H2,1-4H3. The van der Waals surface area contributed by atoms with Gasteiger partial charge in [0.25, 0.3) is 0 Å². The molecule has 0 unspecified atom stereocenters. The fourth-order valence-corrected chi connectivity index (χ4v) is 5.53. The van der Waals surface area contributed by atoms with Gasteiger partial charge in [-0.15, -0.1) is 0 Å². The molecule has 4 nitrogen and oxygen atoms in total. The topological polar surface area (TPSA) is 27.7 Å². The molecular formula is C26H32BrN3OS. The van der Waals surface area contributed by atoms with E-state index in [1.54, 1.807) is 19.1 Å². The van der Waals surface area contributed by atoms with Crippen molar-refractivity contribution in [3.63, 3.8) is 0 Å². The van der Waals surface area contributed by atoms with Crippen molar-refractivity contribution in [1.82, 2.24) is 9.62 Å². The maximum absolute atomic E-state index is 5.66. The molecule has 0 amide bonds. The third kappa shape index (κ3) is 5.25. The van der Waals surface area contributed by atoms with Crippen LogP contribution in [0.5, 0.6) is 5.75 Å². The van der Waals surface area contributed by atoms with E-state index in [4.69, 9.17) is 4.74 Å². The number of likely N-dealkylation sites (N-methyl/N-ethyl adjacent to an activating group) is 1. The monoisotopic (exact) mass is 513 g/mol. The van der Waals surface area contributed by atoms with Crippen molar-refractivity contribution < 1.29 is 4.74 Å². The molecule has 0 atom stereocenters. The van der Waals surface area contributed by atoms with Crippen molar-refractivity contribution in [2.24, 2.45) is 0 Å². The van der Waals surface area contributed by atoms with E-state index in [0.29, 0.717) is 0 Å². The van der Waals surface area contributed by atoms with Crippen LogP contribution in [0, 0.1) is 0 Å². The molecule has 0 aliphatic carbocycles. The van der Waals surface area contributed by atoms with Crippen molar-refractivity contribution in [2.45, 2.75) is 24.2 Å². The van der Waals surface area contributed by atoms with Gasteiger partial charge in [-0.3, -0.25) is 4.72 Å². The minimum atomic E-state index is -0.0138. The van der Waals surface area contributed by atoms with E-state index in [2.05, 4.69) is 106 Å². The molecule has 1 N–H and O–H groups in total. The predicted octanol–water partition coefficient (Wildman–Crippen LogP) is 5.94. The quantitative estimate of drug-likeness (QED) is 0.394. The molecule has 3 aromatic carbocycles. The lowest BCUT2D eigenvalue weighted by Crippen LogP contribution is -2.44. The van der Waals surface area contributed by atoms with Gasteiger partial charge in [0.2, 0.25) is 0 Å². The van der Waals surface area contributed by atoms with Crippen LogP contribution in [0.15, 0.2) is 64.0 Å². The average molecular weight is 515 g/mol. The first-order valence-corrected chi connectivity index (χ1v) is 12.7. The van der Waals surface area contributed by atoms with E-state index in [0.717, 1.165) is 42.9 Å². The van der Waals surface area contributed by atoms with E-state index in [9.17, 15) is 0 Å². The van der Waals surface area contributed by atoms with Gasteiger partial charge in [-0.1, -0.05) is 54.0 Å². The third-order valence-corrected chi connectivity index (χ3v) is 7.54. The number of hydrogen-bond donors (Lipinski definition) is 1. The third-order valence-electron chi connectivity index (χ3n) is 6.27. The molecule has 4 rings (SSSR count). The number of benzene rings is 3. The number of hydrogen-bond acceptors (Lipinski definition) is 5. The number of methoxy groups -OCH3 is 1. The van der Waals surface area contributed by atoms with E-state index < -0.39 is 0 Å². The summed E-state index contributed by atoms with van der Waals surface area (Å²) in [5.74, 6) is 0.945. The van der Waals surface area contributed by atoms with Crippen LogP contribution in [0.2, 0.25) is 0 Å².